The second kappa shape index (κ2) is 6.19. The lowest BCUT2D eigenvalue weighted by atomic mass is 9.68. The van der Waals surface area contributed by atoms with Crippen molar-refractivity contribution in [3.8, 4) is 0 Å². The smallest absolute Gasteiger partial charge is 0.206 e. The molecule has 1 aliphatic heterocycles. The standard InChI is InChI=1S/C15H22ClNO2S2/c16-12-13-4-5-14(20-13)21(18,19)17-10-8-15(9-11-17)6-2-1-3-7-15/h4-5H,1-3,6-12H2. The maximum Gasteiger partial charge on any atom is 0.252 e. The maximum atomic E-state index is 12.7. The van der Waals surface area contributed by atoms with Crippen LogP contribution in [0.15, 0.2) is 16.3 Å². The molecular weight excluding hydrogens is 326 g/mol. The SMILES string of the molecule is O=S(=O)(c1ccc(CCl)s1)N1CCC2(CCCCC2)CC1. The monoisotopic (exact) mass is 347 g/mol. The van der Waals surface area contributed by atoms with E-state index in [1.165, 1.54) is 43.4 Å². The van der Waals surface area contributed by atoms with Gasteiger partial charge in [-0.3, -0.25) is 0 Å². The first kappa shape index (κ1) is 15.8. The molecule has 0 atom stereocenters. The van der Waals surface area contributed by atoms with Gasteiger partial charge in [-0.2, -0.15) is 4.31 Å². The van der Waals surface area contributed by atoms with Crippen LogP contribution in [0.2, 0.25) is 0 Å². The number of hydrogen-bond acceptors (Lipinski definition) is 3. The molecule has 0 N–H and O–H groups in total. The Hall–Kier alpha value is -0.100. The minimum Gasteiger partial charge on any atom is -0.206 e. The lowest BCUT2D eigenvalue weighted by molar-refractivity contribution is 0.102. The third-order valence-corrected chi connectivity index (χ3v) is 8.96. The molecule has 21 heavy (non-hydrogen) atoms. The summed E-state index contributed by atoms with van der Waals surface area (Å²) in [6, 6.07) is 3.51. The second-order valence-electron chi connectivity index (χ2n) is 6.32. The van der Waals surface area contributed by atoms with Crippen LogP contribution in [0.4, 0.5) is 0 Å². The average Bonchev–Trinajstić information content (AvgIpc) is 2.98. The van der Waals surface area contributed by atoms with E-state index in [9.17, 15) is 8.42 Å². The number of rotatable bonds is 3. The molecule has 0 radical (unpaired) electrons. The predicted molar refractivity (Wildman–Crippen MR) is 87.4 cm³/mol. The van der Waals surface area contributed by atoms with Gasteiger partial charge in [-0.25, -0.2) is 8.42 Å². The lowest BCUT2D eigenvalue weighted by Gasteiger charge is -2.43. The normalized spacial score (nSPS) is 23.5. The van der Waals surface area contributed by atoms with Crippen molar-refractivity contribution < 1.29 is 8.42 Å². The van der Waals surface area contributed by atoms with E-state index in [1.807, 2.05) is 6.07 Å². The molecule has 1 spiro atoms. The Morgan fingerprint density at radius 3 is 2.33 bits per heavy atom. The van der Waals surface area contributed by atoms with Crippen molar-refractivity contribution in [2.75, 3.05) is 13.1 Å². The highest BCUT2D eigenvalue weighted by atomic mass is 35.5. The van der Waals surface area contributed by atoms with Gasteiger partial charge in [0, 0.05) is 18.0 Å². The Bertz CT molecular complexity index is 581. The van der Waals surface area contributed by atoms with Gasteiger partial charge in [-0.15, -0.1) is 22.9 Å². The Kier molecular flexibility index (Phi) is 4.65. The zero-order valence-corrected chi connectivity index (χ0v) is 14.6. The first-order valence-electron chi connectivity index (χ1n) is 7.71. The summed E-state index contributed by atoms with van der Waals surface area (Å²) in [6.45, 7) is 1.35. The summed E-state index contributed by atoms with van der Waals surface area (Å²) in [5, 5.41) is 0. The molecule has 0 unspecified atom stereocenters. The molecule has 2 fully saturated rings. The maximum absolute atomic E-state index is 12.7. The fraction of sp³-hybridized carbons (Fsp3) is 0.733. The minimum absolute atomic E-state index is 0.378. The lowest BCUT2D eigenvalue weighted by Crippen LogP contribution is -2.43. The van der Waals surface area contributed by atoms with E-state index in [2.05, 4.69) is 0 Å². The van der Waals surface area contributed by atoms with Crippen molar-refractivity contribution in [1.29, 1.82) is 0 Å². The zero-order valence-electron chi connectivity index (χ0n) is 12.2. The zero-order chi connectivity index (χ0) is 14.9. The van der Waals surface area contributed by atoms with Crippen LogP contribution in [0.25, 0.3) is 0 Å². The van der Waals surface area contributed by atoms with E-state index in [-0.39, 0.29) is 0 Å². The van der Waals surface area contributed by atoms with Crippen molar-refractivity contribution in [3.63, 3.8) is 0 Å². The van der Waals surface area contributed by atoms with E-state index in [4.69, 9.17) is 11.6 Å². The quantitative estimate of drug-likeness (QED) is 0.767. The molecule has 1 aliphatic carbocycles. The van der Waals surface area contributed by atoms with Crippen molar-refractivity contribution in [3.05, 3.63) is 17.0 Å². The fourth-order valence-electron chi connectivity index (χ4n) is 3.70. The molecule has 3 rings (SSSR count). The topological polar surface area (TPSA) is 37.4 Å². The number of halogens is 1. The summed E-state index contributed by atoms with van der Waals surface area (Å²) in [6.07, 6.45) is 8.61. The van der Waals surface area contributed by atoms with Crippen LogP contribution in [-0.4, -0.2) is 25.8 Å². The van der Waals surface area contributed by atoms with Crippen LogP contribution in [-0.2, 0) is 15.9 Å². The van der Waals surface area contributed by atoms with Crippen molar-refractivity contribution in [2.45, 2.75) is 55.0 Å². The third-order valence-electron chi connectivity index (χ3n) is 5.06. The number of hydrogen-bond donors (Lipinski definition) is 0. The first-order valence-corrected chi connectivity index (χ1v) is 10.5. The Morgan fingerprint density at radius 2 is 1.76 bits per heavy atom. The van der Waals surface area contributed by atoms with Crippen molar-refractivity contribution in [1.82, 2.24) is 4.31 Å². The van der Waals surface area contributed by atoms with Crippen LogP contribution in [0.1, 0.15) is 49.8 Å². The van der Waals surface area contributed by atoms with E-state index >= 15 is 0 Å². The summed E-state index contributed by atoms with van der Waals surface area (Å²) >= 11 is 7.07. The molecule has 0 bridgehead atoms. The molecule has 1 saturated carbocycles. The third kappa shape index (κ3) is 3.16. The van der Waals surface area contributed by atoms with Crippen LogP contribution >= 0.6 is 22.9 Å². The molecule has 3 nitrogen and oxygen atoms in total. The highest BCUT2D eigenvalue weighted by Gasteiger charge is 2.39. The summed E-state index contributed by atoms with van der Waals surface area (Å²) in [5.41, 5.74) is 0.432. The van der Waals surface area contributed by atoms with Crippen LogP contribution in [0, 0.1) is 5.41 Å². The molecule has 0 aromatic carbocycles. The van der Waals surface area contributed by atoms with E-state index < -0.39 is 10.0 Å². The van der Waals surface area contributed by atoms with Gasteiger partial charge < -0.3 is 0 Å². The van der Waals surface area contributed by atoms with Gasteiger partial charge in [0.25, 0.3) is 10.0 Å². The van der Waals surface area contributed by atoms with Gasteiger partial charge in [-0.1, -0.05) is 19.3 Å². The van der Waals surface area contributed by atoms with Crippen molar-refractivity contribution in [2.24, 2.45) is 5.41 Å². The number of piperidine rings is 1. The largest absolute Gasteiger partial charge is 0.252 e. The van der Waals surface area contributed by atoms with Gasteiger partial charge in [0.15, 0.2) is 0 Å². The van der Waals surface area contributed by atoms with Gasteiger partial charge in [0.1, 0.15) is 4.21 Å². The fourth-order valence-corrected chi connectivity index (χ4v) is 6.75. The second-order valence-corrected chi connectivity index (χ2v) is 9.92. The number of thiophene rings is 1. The Balaban J connectivity index is 1.70. The number of alkyl halides is 1. The summed E-state index contributed by atoms with van der Waals surface area (Å²) in [4.78, 5) is 0.913. The molecule has 1 aromatic heterocycles. The molecule has 1 saturated heterocycles. The van der Waals surface area contributed by atoms with Gasteiger partial charge in [0.05, 0.1) is 5.88 Å². The van der Waals surface area contributed by atoms with Crippen LogP contribution in [0.5, 0.6) is 0 Å². The van der Waals surface area contributed by atoms with Crippen LogP contribution < -0.4 is 0 Å². The summed E-state index contributed by atoms with van der Waals surface area (Å²) in [7, 11) is -3.31. The van der Waals surface area contributed by atoms with Gasteiger partial charge in [-0.05, 0) is 43.2 Å². The predicted octanol–water partition coefficient (Wildman–Crippen LogP) is 4.22. The van der Waals surface area contributed by atoms with Gasteiger partial charge >= 0.3 is 0 Å². The Labute approximate surface area is 136 Å². The summed E-state index contributed by atoms with van der Waals surface area (Å²) < 4.78 is 27.5. The first-order chi connectivity index (χ1) is 10.1. The molecule has 118 valence electrons. The minimum atomic E-state index is -3.31. The molecule has 2 heterocycles. The average molecular weight is 348 g/mol. The molecule has 2 aliphatic rings. The van der Waals surface area contributed by atoms with E-state index in [1.54, 1.807) is 10.4 Å². The number of nitrogens with zero attached hydrogens (tertiary/aromatic N) is 1. The molecule has 1 aromatic rings. The van der Waals surface area contributed by atoms with Crippen LogP contribution in [0.3, 0.4) is 0 Å². The summed E-state index contributed by atoms with van der Waals surface area (Å²) in [5.74, 6) is 0.378. The van der Waals surface area contributed by atoms with Gasteiger partial charge in [0.2, 0.25) is 0 Å². The molecule has 6 heteroatoms. The molecular formula is C15H22ClNO2S2. The van der Waals surface area contributed by atoms with Crippen molar-refractivity contribution >= 4 is 33.0 Å². The van der Waals surface area contributed by atoms with E-state index in [0.717, 1.165) is 17.7 Å². The molecule has 0 amide bonds. The highest BCUT2D eigenvalue weighted by Crippen LogP contribution is 2.45. The van der Waals surface area contributed by atoms with E-state index in [0.29, 0.717) is 28.6 Å². The number of sulfonamides is 1. The Morgan fingerprint density at radius 1 is 1.10 bits per heavy atom. The highest BCUT2D eigenvalue weighted by molar-refractivity contribution is 7.91.